The average Bonchev–Trinajstić information content (AvgIpc) is 2.73. The Morgan fingerprint density at radius 1 is 1.09 bits per heavy atom. The maximum atomic E-state index is 14.4. The highest BCUT2D eigenvalue weighted by atomic mass is 19.1. The number of nitrogens with two attached hydrogens (primary N) is 2. The topological polar surface area (TPSA) is 149 Å². The minimum atomic E-state index is -0.722. The molecule has 0 amide bonds. The van der Waals surface area contributed by atoms with Crippen LogP contribution in [0.3, 0.4) is 0 Å². The normalized spacial score (nSPS) is 10.8. The summed E-state index contributed by atoms with van der Waals surface area (Å²) in [6.07, 6.45) is 0.146. The van der Waals surface area contributed by atoms with Crippen molar-refractivity contribution in [3.05, 3.63) is 75.8 Å². The molecule has 0 aliphatic carbocycles. The molecule has 0 spiro atoms. The molecule has 0 atom stereocenters. The Labute approximate surface area is 180 Å². The van der Waals surface area contributed by atoms with E-state index in [2.05, 4.69) is 20.3 Å². The number of nitrogens with zero attached hydrogens (tertiary/aromatic N) is 5. The van der Waals surface area contributed by atoms with Crippen LogP contribution >= 0.6 is 0 Å². The molecule has 4 rings (SSSR count). The van der Waals surface area contributed by atoms with Crippen molar-refractivity contribution in [1.82, 2.24) is 19.5 Å². The highest BCUT2D eigenvalue weighted by molar-refractivity contribution is 5.78. The van der Waals surface area contributed by atoms with Crippen LogP contribution in [0.5, 0.6) is 0 Å². The third kappa shape index (κ3) is 3.77. The van der Waals surface area contributed by atoms with Crippen molar-refractivity contribution in [2.24, 2.45) is 0 Å². The second kappa shape index (κ2) is 8.27. The van der Waals surface area contributed by atoms with Gasteiger partial charge in [-0.05, 0) is 30.3 Å². The molecule has 2 aromatic carbocycles. The second-order valence-corrected chi connectivity index (χ2v) is 6.76. The van der Waals surface area contributed by atoms with Gasteiger partial charge in [-0.1, -0.05) is 12.1 Å². The van der Waals surface area contributed by atoms with Gasteiger partial charge in [-0.25, -0.2) is 13.8 Å². The van der Waals surface area contributed by atoms with Crippen LogP contribution in [0.2, 0.25) is 0 Å². The molecule has 0 saturated carbocycles. The minimum absolute atomic E-state index is 0.0234. The quantitative estimate of drug-likeness (QED) is 0.433. The summed E-state index contributed by atoms with van der Waals surface area (Å²) >= 11 is 0. The number of anilines is 3. The van der Waals surface area contributed by atoms with E-state index in [9.17, 15) is 18.8 Å². The van der Waals surface area contributed by atoms with Crippen molar-refractivity contribution in [3.8, 4) is 11.8 Å². The summed E-state index contributed by atoms with van der Waals surface area (Å²) in [4.78, 5) is 25.3. The monoisotopic (exact) mass is 434 g/mol. The van der Waals surface area contributed by atoms with Crippen LogP contribution in [-0.4, -0.2) is 26.1 Å². The molecule has 2 aromatic heterocycles. The molecule has 32 heavy (non-hydrogen) atoms. The van der Waals surface area contributed by atoms with Crippen LogP contribution in [0.1, 0.15) is 11.4 Å². The summed E-state index contributed by atoms with van der Waals surface area (Å²) < 4.78 is 29.4. The Hall–Kier alpha value is -4.59. The zero-order chi connectivity index (χ0) is 22.8. The highest BCUT2D eigenvalue weighted by Crippen LogP contribution is 2.19. The second-order valence-electron chi connectivity index (χ2n) is 6.76. The first-order valence-electron chi connectivity index (χ1n) is 9.42. The van der Waals surface area contributed by atoms with Crippen molar-refractivity contribution in [3.63, 3.8) is 0 Å². The van der Waals surface area contributed by atoms with Gasteiger partial charge < -0.3 is 16.8 Å². The first-order chi connectivity index (χ1) is 15.4. The van der Waals surface area contributed by atoms with Crippen molar-refractivity contribution in [2.45, 2.75) is 6.42 Å². The maximum Gasteiger partial charge on any atom is 0.268 e. The number of nitrogen functional groups attached to an aromatic ring is 2. The van der Waals surface area contributed by atoms with E-state index in [1.807, 2.05) is 6.07 Å². The summed E-state index contributed by atoms with van der Waals surface area (Å²) in [7, 11) is 0. The minimum Gasteiger partial charge on any atom is -0.382 e. The molecule has 4 aromatic rings. The Morgan fingerprint density at radius 3 is 2.62 bits per heavy atom. The fraction of sp³-hybridized carbons (Fsp3) is 0.0952. The zero-order valence-electron chi connectivity index (χ0n) is 16.5. The van der Waals surface area contributed by atoms with Gasteiger partial charge in [0.2, 0.25) is 5.95 Å². The molecule has 0 aliphatic heterocycles. The lowest BCUT2D eigenvalue weighted by molar-refractivity contribution is 0.625. The number of benzene rings is 2. The molecule has 0 bridgehead atoms. The Kier molecular flexibility index (Phi) is 5.34. The fourth-order valence-corrected chi connectivity index (χ4v) is 3.31. The van der Waals surface area contributed by atoms with Crippen LogP contribution in [0.15, 0.2) is 47.3 Å². The van der Waals surface area contributed by atoms with Crippen LogP contribution in [0.25, 0.3) is 16.6 Å². The number of aromatic nitrogens is 4. The van der Waals surface area contributed by atoms with Crippen molar-refractivity contribution in [2.75, 3.05) is 23.3 Å². The van der Waals surface area contributed by atoms with Gasteiger partial charge in [-0.2, -0.15) is 15.2 Å². The van der Waals surface area contributed by atoms with Crippen LogP contribution in [0, 0.1) is 23.0 Å². The molecule has 0 fully saturated rings. The largest absolute Gasteiger partial charge is 0.382 e. The summed E-state index contributed by atoms with van der Waals surface area (Å²) in [5.41, 5.74) is 11.0. The molecule has 0 aliphatic rings. The van der Waals surface area contributed by atoms with Crippen LogP contribution in [-0.2, 0) is 6.42 Å². The summed E-state index contributed by atoms with van der Waals surface area (Å²) in [5, 5.41) is 12.0. The number of rotatable bonds is 5. The Morgan fingerprint density at radius 2 is 1.88 bits per heavy atom. The average molecular weight is 434 g/mol. The van der Waals surface area contributed by atoms with Crippen molar-refractivity contribution in [1.29, 1.82) is 5.26 Å². The SMILES string of the molecule is N#Cc1c(N)nc(N)nc1NCCc1nc2cccc(F)c2c(=O)n1-c1cccc(F)c1. The number of halogens is 2. The molecular weight excluding hydrogens is 418 g/mol. The van der Waals surface area contributed by atoms with E-state index in [0.717, 1.165) is 16.7 Å². The summed E-state index contributed by atoms with van der Waals surface area (Å²) in [6.45, 7) is 0.160. The predicted octanol–water partition coefficient (Wildman–Crippen LogP) is 2.14. The van der Waals surface area contributed by atoms with E-state index < -0.39 is 17.2 Å². The lowest BCUT2D eigenvalue weighted by Crippen LogP contribution is -2.26. The van der Waals surface area contributed by atoms with E-state index >= 15 is 0 Å². The molecule has 0 unspecified atom stereocenters. The van der Waals surface area contributed by atoms with Gasteiger partial charge in [0.05, 0.1) is 11.2 Å². The van der Waals surface area contributed by atoms with Gasteiger partial charge in [-0.3, -0.25) is 9.36 Å². The lowest BCUT2D eigenvalue weighted by Gasteiger charge is -2.15. The summed E-state index contributed by atoms with van der Waals surface area (Å²) in [6, 6.07) is 11.4. The van der Waals surface area contributed by atoms with Gasteiger partial charge in [-0.15, -0.1) is 0 Å². The molecule has 2 heterocycles. The van der Waals surface area contributed by atoms with Crippen LogP contribution in [0.4, 0.5) is 26.4 Å². The predicted molar refractivity (Wildman–Crippen MR) is 115 cm³/mol. The smallest absolute Gasteiger partial charge is 0.268 e. The van der Waals surface area contributed by atoms with Gasteiger partial charge in [0.15, 0.2) is 5.82 Å². The third-order valence-corrected chi connectivity index (χ3v) is 4.69. The van der Waals surface area contributed by atoms with E-state index in [-0.39, 0.29) is 58.5 Å². The van der Waals surface area contributed by atoms with Crippen molar-refractivity contribution < 1.29 is 8.78 Å². The first kappa shape index (κ1) is 20.7. The third-order valence-electron chi connectivity index (χ3n) is 4.69. The molecule has 9 nitrogen and oxygen atoms in total. The molecule has 0 saturated heterocycles. The molecule has 0 radical (unpaired) electrons. The molecule has 11 heteroatoms. The number of fused-ring (bicyclic) bond motifs is 1. The Bertz CT molecular complexity index is 1440. The molecule has 160 valence electrons. The zero-order valence-corrected chi connectivity index (χ0v) is 16.5. The number of hydrogen-bond acceptors (Lipinski definition) is 8. The van der Waals surface area contributed by atoms with Gasteiger partial charge in [0, 0.05) is 13.0 Å². The molecular formula is C21H16F2N8O. The van der Waals surface area contributed by atoms with Crippen molar-refractivity contribution >= 4 is 28.5 Å². The summed E-state index contributed by atoms with van der Waals surface area (Å²) in [5.74, 6) is -1.08. The highest BCUT2D eigenvalue weighted by Gasteiger charge is 2.17. The van der Waals surface area contributed by atoms with Gasteiger partial charge in [0.25, 0.3) is 5.56 Å². The van der Waals surface area contributed by atoms with E-state index in [4.69, 9.17) is 11.5 Å². The Balaban J connectivity index is 1.77. The fourth-order valence-electron chi connectivity index (χ4n) is 3.31. The lowest BCUT2D eigenvalue weighted by atomic mass is 10.2. The van der Waals surface area contributed by atoms with E-state index in [1.165, 1.54) is 30.3 Å². The number of nitrogens with one attached hydrogen (secondary N) is 1. The molecule has 5 N–H and O–H groups in total. The van der Waals surface area contributed by atoms with E-state index in [0.29, 0.717) is 0 Å². The van der Waals surface area contributed by atoms with Gasteiger partial charge in [0.1, 0.15) is 40.3 Å². The maximum absolute atomic E-state index is 14.4. The van der Waals surface area contributed by atoms with E-state index in [1.54, 1.807) is 0 Å². The number of nitriles is 1. The van der Waals surface area contributed by atoms with Crippen LogP contribution < -0.4 is 22.3 Å². The van der Waals surface area contributed by atoms with Gasteiger partial charge >= 0.3 is 0 Å². The standard InChI is InChI=1S/C21H16F2N8O/c22-11-3-1-4-12(9-11)31-16(28-15-6-2-5-14(23)17(15)20(31)32)7-8-27-19-13(10-24)18(25)29-21(26)30-19/h1-6,9H,7-8H2,(H5,25,26,27,29,30). The number of hydrogen-bond donors (Lipinski definition) is 3. The first-order valence-corrected chi connectivity index (χ1v) is 9.42.